The van der Waals surface area contributed by atoms with Gasteiger partial charge in [-0.25, -0.2) is 13.2 Å². The molecule has 0 aromatic heterocycles. The van der Waals surface area contributed by atoms with Gasteiger partial charge >= 0.3 is 15.0 Å². The van der Waals surface area contributed by atoms with E-state index in [9.17, 15) is 26.7 Å². The second-order valence-corrected chi connectivity index (χ2v) is 14.9. The van der Waals surface area contributed by atoms with Crippen LogP contribution in [0.3, 0.4) is 0 Å². The fraction of sp³-hybridized carbons (Fsp3) is 0.480. The molecular weight excluding hydrogens is 506 g/mol. The highest BCUT2D eigenvalue weighted by molar-refractivity contribution is 8.66. The Morgan fingerprint density at radius 3 is 1.94 bits per heavy atom. The van der Waals surface area contributed by atoms with Gasteiger partial charge < -0.3 is 14.6 Å². The molecule has 0 aliphatic rings. The number of hydrogen-bond acceptors (Lipinski definition) is 8. The van der Waals surface area contributed by atoms with Gasteiger partial charge in [0.1, 0.15) is 6.10 Å². The van der Waals surface area contributed by atoms with E-state index in [4.69, 9.17) is 9.47 Å². The van der Waals surface area contributed by atoms with E-state index >= 15 is 0 Å². The molecule has 0 fully saturated rings. The molecule has 11 heteroatoms. The van der Waals surface area contributed by atoms with Crippen molar-refractivity contribution in [2.24, 2.45) is 5.92 Å². The highest BCUT2D eigenvalue weighted by atomic mass is 33.2. The van der Waals surface area contributed by atoms with Gasteiger partial charge in [0, 0.05) is 13.7 Å². The molecule has 1 N–H and O–H groups in total. The molecule has 0 bridgehead atoms. The minimum atomic E-state index is -4.85. The first-order valence-electron chi connectivity index (χ1n) is 11.5. The first kappa shape index (κ1) is 29.9. The summed E-state index contributed by atoms with van der Waals surface area (Å²) in [6.07, 6.45) is -2.74. The lowest BCUT2D eigenvalue weighted by molar-refractivity contribution is -0.171. The number of aliphatic hydroxyl groups excluding tert-OH is 1. The molecule has 0 saturated carbocycles. The van der Waals surface area contributed by atoms with Crippen LogP contribution in [0, 0.1) is 5.92 Å². The quantitative estimate of drug-likeness (QED) is 0.303. The maximum atomic E-state index is 13.2. The number of aliphatic hydroxyl groups is 1. The summed E-state index contributed by atoms with van der Waals surface area (Å²) in [4.78, 5) is 13.1. The first-order valence-corrected chi connectivity index (χ1v) is 15.4. The van der Waals surface area contributed by atoms with Crippen molar-refractivity contribution in [3.8, 4) is 0 Å². The third-order valence-electron chi connectivity index (χ3n) is 5.66. The lowest BCUT2D eigenvalue weighted by atomic mass is 10.0. The minimum absolute atomic E-state index is 0.0792. The zero-order valence-corrected chi connectivity index (χ0v) is 22.8. The summed E-state index contributed by atoms with van der Waals surface area (Å²) < 4.78 is 62.8. The van der Waals surface area contributed by atoms with Crippen molar-refractivity contribution in [2.75, 3.05) is 13.4 Å². The number of methoxy groups -OCH3 is 1. The fourth-order valence-corrected chi connectivity index (χ4v) is 6.59. The molecule has 200 valence electrons. The van der Waals surface area contributed by atoms with E-state index < -0.39 is 48.2 Å². The third kappa shape index (κ3) is 7.59. The molecule has 0 unspecified atom stereocenters. The Bertz CT molecular complexity index is 1190. The Labute approximate surface area is 213 Å². The molecule has 0 radical (unpaired) electrons. The smallest absolute Gasteiger partial charge is 0.338 e. The van der Waals surface area contributed by atoms with Gasteiger partial charge in [0.05, 0.1) is 18.4 Å². The third-order valence-corrected chi connectivity index (χ3v) is 10.3. The van der Waals surface area contributed by atoms with E-state index in [-0.39, 0.29) is 18.9 Å². The van der Waals surface area contributed by atoms with Gasteiger partial charge in [0.2, 0.25) is 0 Å². The molecule has 4 atom stereocenters. The average Bonchev–Trinajstić information content (AvgIpc) is 2.81. The molecule has 0 spiro atoms. The largest absolute Gasteiger partial charge is 0.454 e. The number of esters is 1. The van der Waals surface area contributed by atoms with E-state index in [0.717, 1.165) is 4.31 Å². The fourth-order valence-electron chi connectivity index (χ4n) is 3.81. The van der Waals surface area contributed by atoms with Gasteiger partial charge in [-0.2, -0.15) is 12.7 Å². The number of rotatable bonds is 13. The van der Waals surface area contributed by atoms with Crippen molar-refractivity contribution in [1.82, 2.24) is 4.31 Å². The summed E-state index contributed by atoms with van der Waals surface area (Å²) in [5.74, 6) is -0.807. The summed E-state index contributed by atoms with van der Waals surface area (Å²) in [6, 6.07) is 15.8. The molecule has 0 aliphatic carbocycles. The van der Waals surface area contributed by atoms with E-state index in [2.05, 4.69) is 0 Å². The van der Waals surface area contributed by atoms with Crippen LogP contribution in [-0.4, -0.2) is 63.8 Å². The SMILES string of the molecule is CO[C@H](C(=O)O[C@@H](c1ccccc1)[C@@H](C)N(Cc1ccccc1)S(=O)(=O)S(C)(=O)=O)[C@H](O)CC(C)C. The topological polar surface area (TPSA) is 127 Å². The average molecular weight is 542 g/mol. The standard InChI is InChI=1S/C25H35NO8S2/c1-18(2)16-22(27)24(33-4)25(28)34-23(21-14-10-7-11-15-21)19(3)26(36(31,32)35(5,29)30)17-20-12-8-6-9-13-20/h6-15,18-19,22-24,27H,16-17H2,1-5H3/t19-,22-,23-,24+/m1/s1. The Morgan fingerprint density at radius 1 is 0.944 bits per heavy atom. The minimum Gasteiger partial charge on any atom is -0.454 e. The molecule has 2 aromatic rings. The van der Waals surface area contributed by atoms with Gasteiger partial charge in [-0.05, 0) is 30.4 Å². The number of ether oxygens (including phenoxy) is 2. The zero-order valence-electron chi connectivity index (χ0n) is 21.1. The van der Waals surface area contributed by atoms with Crippen LogP contribution in [0.1, 0.15) is 44.4 Å². The number of benzene rings is 2. The monoisotopic (exact) mass is 541 g/mol. The highest BCUT2D eigenvalue weighted by Gasteiger charge is 2.42. The van der Waals surface area contributed by atoms with Crippen molar-refractivity contribution in [2.45, 2.75) is 58.1 Å². The number of carbonyl (C=O) groups excluding carboxylic acids is 1. The van der Waals surface area contributed by atoms with Gasteiger partial charge in [0.25, 0.3) is 8.87 Å². The predicted octanol–water partition coefficient (Wildman–Crippen LogP) is 2.87. The molecule has 2 rings (SSSR count). The molecule has 9 nitrogen and oxygen atoms in total. The Morgan fingerprint density at radius 2 is 1.47 bits per heavy atom. The van der Waals surface area contributed by atoms with Crippen LogP contribution in [0.2, 0.25) is 0 Å². The Kier molecular flexibility index (Phi) is 10.6. The van der Waals surface area contributed by atoms with Crippen LogP contribution >= 0.6 is 0 Å². The first-order chi connectivity index (χ1) is 16.8. The maximum absolute atomic E-state index is 13.2. The van der Waals surface area contributed by atoms with Gasteiger partial charge in [-0.1, -0.05) is 74.5 Å². The second-order valence-electron chi connectivity index (χ2n) is 9.05. The summed E-state index contributed by atoms with van der Waals surface area (Å²) in [6.45, 7) is 4.98. The summed E-state index contributed by atoms with van der Waals surface area (Å²) >= 11 is 0. The van der Waals surface area contributed by atoms with Gasteiger partial charge in [0.15, 0.2) is 6.10 Å². The van der Waals surface area contributed by atoms with Crippen LogP contribution in [0.15, 0.2) is 60.7 Å². The van der Waals surface area contributed by atoms with Crippen molar-refractivity contribution in [3.63, 3.8) is 0 Å². The summed E-state index contributed by atoms with van der Waals surface area (Å²) in [5, 5.41) is 10.5. The number of carbonyl (C=O) groups is 1. The molecule has 36 heavy (non-hydrogen) atoms. The van der Waals surface area contributed by atoms with Gasteiger partial charge in [-0.3, -0.25) is 0 Å². The second kappa shape index (κ2) is 12.8. The number of nitrogens with zero attached hydrogens (tertiary/aromatic N) is 1. The molecule has 2 aromatic carbocycles. The summed E-state index contributed by atoms with van der Waals surface area (Å²) in [7, 11) is -8.14. The Hall–Kier alpha value is -2.31. The van der Waals surface area contributed by atoms with Crippen LogP contribution in [-0.2, 0) is 38.7 Å². The normalized spacial score (nSPS) is 15.9. The molecular formula is C25H35NO8S2. The number of hydrogen-bond donors (Lipinski definition) is 1. The van der Waals surface area contributed by atoms with Crippen molar-refractivity contribution >= 4 is 23.9 Å². The van der Waals surface area contributed by atoms with E-state index in [1.807, 2.05) is 13.8 Å². The van der Waals surface area contributed by atoms with Crippen molar-refractivity contribution in [1.29, 1.82) is 0 Å². The van der Waals surface area contributed by atoms with E-state index in [0.29, 0.717) is 17.4 Å². The molecule has 0 saturated heterocycles. The highest BCUT2D eigenvalue weighted by Crippen LogP contribution is 2.31. The molecule has 0 amide bonds. The lowest BCUT2D eigenvalue weighted by Gasteiger charge is -2.34. The predicted molar refractivity (Wildman–Crippen MR) is 137 cm³/mol. The molecule has 0 aliphatic heterocycles. The maximum Gasteiger partial charge on any atom is 0.338 e. The van der Waals surface area contributed by atoms with E-state index in [1.165, 1.54) is 14.0 Å². The zero-order chi connectivity index (χ0) is 27.1. The van der Waals surface area contributed by atoms with Crippen molar-refractivity contribution < 1.29 is 36.2 Å². The van der Waals surface area contributed by atoms with Crippen molar-refractivity contribution in [3.05, 3.63) is 71.8 Å². The van der Waals surface area contributed by atoms with Gasteiger partial charge in [-0.15, -0.1) is 0 Å². The molecule has 0 heterocycles. The Balaban J connectivity index is 2.53. The lowest BCUT2D eigenvalue weighted by Crippen LogP contribution is -2.46. The van der Waals surface area contributed by atoms with Crippen LogP contribution in [0.25, 0.3) is 0 Å². The van der Waals surface area contributed by atoms with Crippen LogP contribution < -0.4 is 0 Å². The van der Waals surface area contributed by atoms with Crippen LogP contribution in [0.5, 0.6) is 0 Å². The van der Waals surface area contributed by atoms with Crippen LogP contribution in [0.4, 0.5) is 0 Å². The summed E-state index contributed by atoms with van der Waals surface area (Å²) in [5.41, 5.74) is 1.00. The van der Waals surface area contributed by atoms with E-state index in [1.54, 1.807) is 60.7 Å².